The van der Waals surface area contributed by atoms with Gasteiger partial charge in [0.05, 0.1) is 15.6 Å². The van der Waals surface area contributed by atoms with Crippen LogP contribution in [0.25, 0.3) is 0 Å². The summed E-state index contributed by atoms with van der Waals surface area (Å²) < 4.78 is 0. The zero-order valence-electron chi connectivity index (χ0n) is 10.2. The first-order valence-corrected chi connectivity index (χ1v) is 6.55. The summed E-state index contributed by atoms with van der Waals surface area (Å²) in [5.41, 5.74) is 1.57. The fourth-order valence-electron chi connectivity index (χ4n) is 1.83. The number of hydrogen-bond acceptors (Lipinski definition) is 2. The van der Waals surface area contributed by atoms with Gasteiger partial charge in [-0.25, -0.2) is 0 Å². The quantitative estimate of drug-likeness (QED) is 0.840. The molecule has 0 atom stereocenters. The van der Waals surface area contributed by atoms with Gasteiger partial charge in [0.1, 0.15) is 0 Å². The highest BCUT2D eigenvalue weighted by atomic mass is 35.5. The third kappa shape index (κ3) is 4.39. The molecule has 0 fully saturated rings. The maximum absolute atomic E-state index is 12.0. The smallest absolute Gasteiger partial charge is 0.254 e. The minimum Gasteiger partial charge on any atom is -0.348 e. The Balaban J connectivity index is 0.00000180. The Hall–Kier alpha value is -0.740. The van der Waals surface area contributed by atoms with Crippen LogP contribution in [-0.4, -0.2) is 25.5 Å². The topological polar surface area (TPSA) is 41.1 Å². The van der Waals surface area contributed by atoms with Crippen LogP contribution in [0.3, 0.4) is 0 Å². The SMILES string of the molecule is Cl.O=C(NCC1=CCNCC1)c1c(Cl)cccc1Cl. The standard InChI is InChI=1S/C13H14Cl2N2O.ClH/c14-10-2-1-3-11(15)12(10)13(18)17-8-9-4-6-16-7-5-9;/h1-4,16H,5-8H2,(H,17,18);1H. The summed E-state index contributed by atoms with van der Waals surface area (Å²) in [5, 5.41) is 6.82. The third-order valence-corrected chi connectivity index (χ3v) is 3.45. The highest BCUT2D eigenvalue weighted by Crippen LogP contribution is 2.23. The lowest BCUT2D eigenvalue weighted by Crippen LogP contribution is -2.29. The van der Waals surface area contributed by atoms with E-state index in [1.54, 1.807) is 18.2 Å². The predicted octanol–water partition coefficient (Wildman–Crippen LogP) is 3.06. The van der Waals surface area contributed by atoms with Gasteiger partial charge in [0.2, 0.25) is 0 Å². The van der Waals surface area contributed by atoms with E-state index in [9.17, 15) is 4.79 Å². The second kappa shape index (κ2) is 7.75. The molecule has 1 heterocycles. The predicted molar refractivity (Wildman–Crippen MR) is 81.6 cm³/mol. The lowest BCUT2D eigenvalue weighted by molar-refractivity contribution is 0.0957. The van der Waals surface area contributed by atoms with Crippen LogP contribution in [0.4, 0.5) is 0 Å². The molecule has 104 valence electrons. The Kier molecular flexibility index (Phi) is 6.66. The highest BCUT2D eigenvalue weighted by molar-refractivity contribution is 6.39. The van der Waals surface area contributed by atoms with E-state index >= 15 is 0 Å². The fraction of sp³-hybridized carbons (Fsp3) is 0.308. The normalized spacial score (nSPS) is 14.3. The lowest BCUT2D eigenvalue weighted by Gasteiger charge is -2.15. The van der Waals surface area contributed by atoms with Crippen molar-refractivity contribution in [1.29, 1.82) is 0 Å². The molecule has 1 amide bonds. The van der Waals surface area contributed by atoms with E-state index in [0.29, 0.717) is 22.2 Å². The Bertz CT molecular complexity index is 469. The van der Waals surface area contributed by atoms with Crippen LogP contribution < -0.4 is 10.6 Å². The van der Waals surface area contributed by atoms with Crippen LogP contribution in [-0.2, 0) is 0 Å². The molecule has 0 saturated heterocycles. The van der Waals surface area contributed by atoms with Crippen LogP contribution in [0, 0.1) is 0 Å². The van der Waals surface area contributed by atoms with Crippen molar-refractivity contribution in [3.05, 3.63) is 45.5 Å². The van der Waals surface area contributed by atoms with E-state index in [1.807, 2.05) is 0 Å². The van der Waals surface area contributed by atoms with Crippen molar-refractivity contribution in [3.63, 3.8) is 0 Å². The van der Waals surface area contributed by atoms with Crippen molar-refractivity contribution < 1.29 is 4.79 Å². The van der Waals surface area contributed by atoms with E-state index in [0.717, 1.165) is 19.5 Å². The molecule has 0 saturated carbocycles. The van der Waals surface area contributed by atoms with Crippen LogP contribution in [0.15, 0.2) is 29.8 Å². The number of rotatable bonds is 3. The van der Waals surface area contributed by atoms with Gasteiger partial charge < -0.3 is 10.6 Å². The molecule has 0 aromatic heterocycles. The lowest BCUT2D eigenvalue weighted by atomic mass is 10.1. The second-order valence-corrected chi connectivity index (χ2v) is 4.91. The first-order valence-electron chi connectivity index (χ1n) is 5.79. The summed E-state index contributed by atoms with van der Waals surface area (Å²) in [4.78, 5) is 12.0. The molecule has 2 N–H and O–H groups in total. The number of amides is 1. The molecular formula is C13H15Cl3N2O. The van der Waals surface area contributed by atoms with Gasteiger partial charge >= 0.3 is 0 Å². The Morgan fingerprint density at radius 1 is 1.32 bits per heavy atom. The Morgan fingerprint density at radius 3 is 2.58 bits per heavy atom. The molecule has 1 aliphatic rings. The molecule has 19 heavy (non-hydrogen) atoms. The van der Waals surface area contributed by atoms with Gasteiger partial charge in [0, 0.05) is 13.1 Å². The summed E-state index contributed by atoms with van der Waals surface area (Å²) >= 11 is 12.0. The first-order chi connectivity index (χ1) is 8.68. The van der Waals surface area contributed by atoms with Crippen molar-refractivity contribution in [2.75, 3.05) is 19.6 Å². The van der Waals surface area contributed by atoms with E-state index in [-0.39, 0.29) is 18.3 Å². The van der Waals surface area contributed by atoms with Crippen LogP contribution >= 0.6 is 35.6 Å². The number of hydrogen-bond donors (Lipinski definition) is 2. The second-order valence-electron chi connectivity index (χ2n) is 4.10. The Morgan fingerprint density at radius 2 is 2.00 bits per heavy atom. The summed E-state index contributed by atoms with van der Waals surface area (Å²) in [6.45, 7) is 2.36. The number of carbonyl (C=O) groups excluding carboxylic acids is 1. The van der Waals surface area contributed by atoms with E-state index < -0.39 is 0 Å². The molecule has 1 aromatic carbocycles. The maximum atomic E-state index is 12.0. The molecular weight excluding hydrogens is 307 g/mol. The van der Waals surface area contributed by atoms with E-state index in [4.69, 9.17) is 23.2 Å². The fourth-order valence-corrected chi connectivity index (χ4v) is 2.40. The van der Waals surface area contributed by atoms with Crippen molar-refractivity contribution in [3.8, 4) is 0 Å². The minimum atomic E-state index is -0.231. The van der Waals surface area contributed by atoms with Gasteiger partial charge in [-0.2, -0.15) is 0 Å². The van der Waals surface area contributed by atoms with Gasteiger partial charge in [-0.3, -0.25) is 4.79 Å². The highest BCUT2D eigenvalue weighted by Gasteiger charge is 2.14. The monoisotopic (exact) mass is 320 g/mol. The molecule has 1 aromatic rings. The number of carbonyl (C=O) groups is 1. The summed E-state index contributed by atoms with van der Waals surface area (Å²) in [6, 6.07) is 5.04. The average molecular weight is 322 g/mol. The molecule has 0 spiro atoms. The van der Waals surface area contributed by atoms with Crippen molar-refractivity contribution in [1.82, 2.24) is 10.6 Å². The summed E-state index contributed by atoms with van der Waals surface area (Å²) in [6.07, 6.45) is 3.05. The number of nitrogens with one attached hydrogen (secondary N) is 2. The van der Waals surface area contributed by atoms with E-state index in [2.05, 4.69) is 16.7 Å². The molecule has 0 radical (unpaired) electrons. The molecule has 3 nitrogen and oxygen atoms in total. The van der Waals surface area contributed by atoms with Gasteiger partial charge in [0.25, 0.3) is 5.91 Å². The largest absolute Gasteiger partial charge is 0.348 e. The van der Waals surface area contributed by atoms with Crippen LogP contribution in [0.5, 0.6) is 0 Å². The third-order valence-electron chi connectivity index (χ3n) is 2.82. The first kappa shape index (κ1) is 16.3. The van der Waals surface area contributed by atoms with Gasteiger partial charge in [-0.15, -0.1) is 12.4 Å². The van der Waals surface area contributed by atoms with Crippen molar-refractivity contribution in [2.45, 2.75) is 6.42 Å². The molecule has 0 unspecified atom stereocenters. The molecule has 6 heteroatoms. The number of benzene rings is 1. The molecule has 2 rings (SSSR count). The zero-order valence-corrected chi connectivity index (χ0v) is 12.5. The zero-order chi connectivity index (χ0) is 13.0. The van der Waals surface area contributed by atoms with Crippen LogP contribution in [0.1, 0.15) is 16.8 Å². The van der Waals surface area contributed by atoms with Gasteiger partial charge in [-0.1, -0.05) is 40.9 Å². The van der Waals surface area contributed by atoms with E-state index in [1.165, 1.54) is 5.57 Å². The molecule has 1 aliphatic heterocycles. The summed E-state index contributed by atoms with van der Waals surface area (Å²) in [5.74, 6) is -0.231. The van der Waals surface area contributed by atoms with Crippen molar-refractivity contribution >= 4 is 41.5 Å². The maximum Gasteiger partial charge on any atom is 0.254 e. The average Bonchev–Trinajstić information content (AvgIpc) is 2.37. The molecule has 0 bridgehead atoms. The minimum absolute atomic E-state index is 0. The van der Waals surface area contributed by atoms with Crippen LogP contribution in [0.2, 0.25) is 10.0 Å². The molecule has 0 aliphatic carbocycles. The van der Waals surface area contributed by atoms with Gasteiger partial charge in [-0.05, 0) is 25.1 Å². The number of halogens is 3. The van der Waals surface area contributed by atoms with Gasteiger partial charge in [0.15, 0.2) is 0 Å². The Labute approximate surface area is 128 Å². The van der Waals surface area contributed by atoms with Crippen molar-refractivity contribution in [2.24, 2.45) is 0 Å². The summed E-state index contributed by atoms with van der Waals surface area (Å²) in [7, 11) is 0.